The minimum absolute atomic E-state index is 0.00516. The molecular weight excluding hydrogens is 370 g/mol. The first-order chi connectivity index (χ1) is 14.2. The molecule has 1 N–H and O–H groups in total. The molecular formula is C22H35N3O4. The van der Waals surface area contributed by atoms with Gasteiger partial charge in [0.2, 0.25) is 5.91 Å². The minimum Gasteiger partial charge on any atom is -0.492 e. The second kappa shape index (κ2) is 11.3. The molecule has 1 aromatic rings. The Bertz CT molecular complexity index is 654. The Hall–Kier alpha value is -1.99. The Balaban J connectivity index is 1.78. The minimum atomic E-state index is -0.00516. The van der Waals surface area contributed by atoms with E-state index in [0.717, 1.165) is 37.6 Å². The molecule has 1 aromatic carbocycles. The molecule has 29 heavy (non-hydrogen) atoms. The standard InChI is InChI=1S/C22H35N3O4/c1-3-28-20-16-19(25-11-13-27-14-12-25)21(29-4-2)15-18(20)23-22(26)17-24-9-7-5-6-8-10-24/h15-16H,3-14,17H2,1-2H3,(H,23,26). The van der Waals surface area contributed by atoms with E-state index < -0.39 is 0 Å². The van der Waals surface area contributed by atoms with Crippen LogP contribution in [-0.4, -0.2) is 70.0 Å². The van der Waals surface area contributed by atoms with Crippen molar-refractivity contribution in [3.63, 3.8) is 0 Å². The highest BCUT2D eigenvalue weighted by atomic mass is 16.5. The quantitative estimate of drug-likeness (QED) is 0.717. The van der Waals surface area contributed by atoms with Gasteiger partial charge in [-0.2, -0.15) is 0 Å². The van der Waals surface area contributed by atoms with E-state index in [1.807, 2.05) is 26.0 Å². The molecule has 7 nitrogen and oxygen atoms in total. The number of anilines is 2. The molecule has 2 aliphatic rings. The molecule has 0 saturated carbocycles. The number of amides is 1. The Labute approximate surface area is 174 Å². The second-order valence-corrected chi connectivity index (χ2v) is 7.52. The Morgan fingerprint density at radius 3 is 2.28 bits per heavy atom. The van der Waals surface area contributed by atoms with Gasteiger partial charge < -0.3 is 24.4 Å². The number of nitrogens with zero attached hydrogens (tertiary/aromatic N) is 2. The molecule has 0 spiro atoms. The highest BCUT2D eigenvalue weighted by Gasteiger charge is 2.21. The Morgan fingerprint density at radius 2 is 1.62 bits per heavy atom. The van der Waals surface area contributed by atoms with Crippen LogP contribution < -0.4 is 19.7 Å². The van der Waals surface area contributed by atoms with Gasteiger partial charge in [-0.15, -0.1) is 0 Å². The van der Waals surface area contributed by atoms with Crippen LogP contribution in [0.3, 0.4) is 0 Å². The second-order valence-electron chi connectivity index (χ2n) is 7.52. The highest BCUT2D eigenvalue weighted by molar-refractivity contribution is 5.94. The van der Waals surface area contributed by atoms with Gasteiger partial charge >= 0.3 is 0 Å². The van der Waals surface area contributed by atoms with Gasteiger partial charge in [-0.1, -0.05) is 12.8 Å². The van der Waals surface area contributed by atoms with Crippen LogP contribution in [0.1, 0.15) is 39.5 Å². The molecule has 1 amide bonds. The molecule has 2 saturated heterocycles. The van der Waals surface area contributed by atoms with Gasteiger partial charge in [0.25, 0.3) is 0 Å². The number of carbonyl (C=O) groups excluding carboxylic acids is 1. The van der Waals surface area contributed by atoms with Crippen molar-refractivity contribution < 1.29 is 19.0 Å². The molecule has 0 radical (unpaired) electrons. The normalized spacial score (nSPS) is 18.2. The number of benzene rings is 1. The van der Waals surface area contributed by atoms with Crippen molar-refractivity contribution >= 4 is 17.3 Å². The van der Waals surface area contributed by atoms with E-state index in [2.05, 4.69) is 15.1 Å². The van der Waals surface area contributed by atoms with Crippen molar-refractivity contribution in [3.05, 3.63) is 12.1 Å². The summed E-state index contributed by atoms with van der Waals surface area (Å²) in [5.74, 6) is 1.44. The lowest BCUT2D eigenvalue weighted by Crippen LogP contribution is -2.36. The summed E-state index contributed by atoms with van der Waals surface area (Å²) in [4.78, 5) is 17.2. The van der Waals surface area contributed by atoms with Crippen LogP contribution in [0, 0.1) is 0 Å². The van der Waals surface area contributed by atoms with Crippen LogP contribution in [0.25, 0.3) is 0 Å². The van der Waals surface area contributed by atoms with E-state index in [1.165, 1.54) is 25.7 Å². The molecule has 0 aromatic heterocycles. The number of rotatable bonds is 8. The molecule has 0 aliphatic carbocycles. The molecule has 0 unspecified atom stereocenters. The van der Waals surface area contributed by atoms with Gasteiger partial charge in [0, 0.05) is 25.2 Å². The molecule has 2 fully saturated rings. The summed E-state index contributed by atoms with van der Waals surface area (Å²) >= 11 is 0. The molecule has 3 rings (SSSR count). The number of carbonyl (C=O) groups is 1. The lowest BCUT2D eigenvalue weighted by atomic mass is 10.2. The molecule has 0 bridgehead atoms. The summed E-state index contributed by atoms with van der Waals surface area (Å²) in [6, 6.07) is 3.89. The average molecular weight is 406 g/mol. The topological polar surface area (TPSA) is 63.3 Å². The van der Waals surface area contributed by atoms with E-state index in [4.69, 9.17) is 14.2 Å². The van der Waals surface area contributed by atoms with Crippen molar-refractivity contribution in [2.24, 2.45) is 0 Å². The summed E-state index contributed by atoms with van der Waals surface area (Å²) in [5, 5.41) is 3.06. The lowest BCUT2D eigenvalue weighted by molar-refractivity contribution is -0.117. The predicted octanol–water partition coefficient (Wildman–Crippen LogP) is 3.14. The fourth-order valence-electron chi connectivity index (χ4n) is 3.93. The van der Waals surface area contributed by atoms with E-state index in [1.54, 1.807) is 0 Å². The number of morpholine rings is 1. The Kier molecular flexibility index (Phi) is 8.43. The monoisotopic (exact) mass is 405 g/mol. The third kappa shape index (κ3) is 6.24. The van der Waals surface area contributed by atoms with Crippen molar-refractivity contribution in [3.8, 4) is 11.5 Å². The highest BCUT2D eigenvalue weighted by Crippen LogP contribution is 2.39. The Morgan fingerprint density at radius 1 is 0.966 bits per heavy atom. The van der Waals surface area contributed by atoms with Crippen LogP contribution >= 0.6 is 0 Å². The largest absolute Gasteiger partial charge is 0.492 e. The van der Waals surface area contributed by atoms with E-state index >= 15 is 0 Å². The number of hydrogen-bond donors (Lipinski definition) is 1. The number of likely N-dealkylation sites (tertiary alicyclic amines) is 1. The number of nitrogens with one attached hydrogen (secondary N) is 1. The van der Waals surface area contributed by atoms with Crippen molar-refractivity contribution in [2.45, 2.75) is 39.5 Å². The van der Waals surface area contributed by atoms with Crippen LogP contribution in [0.2, 0.25) is 0 Å². The maximum Gasteiger partial charge on any atom is 0.238 e. The summed E-state index contributed by atoms with van der Waals surface area (Å²) in [6.07, 6.45) is 4.85. The van der Waals surface area contributed by atoms with Gasteiger partial charge in [0.15, 0.2) is 0 Å². The van der Waals surface area contributed by atoms with Crippen molar-refractivity contribution in [2.75, 3.05) is 69.4 Å². The SMILES string of the molecule is CCOc1cc(N2CCOCC2)c(OCC)cc1NC(=O)CN1CCCCCC1. The first kappa shape index (κ1) is 21.7. The maximum atomic E-state index is 12.7. The van der Waals surface area contributed by atoms with Crippen molar-refractivity contribution in [1.82, 2.24) is 4.90 Å². The van der Waals surface area contributed by atoms with E-state index in [-0.39, 0.29) is 5.91 Å². The number of hydrogen-bond acceptors (Lipinski definition) is 6. The fourth-order valence-corrected chi connectivity index (χ4v) is 3.93. The van der Waals surface area contributed by atoms with Crippen LogP contribution in [-0.2, 0) is 9.53 Å². The molecule has 7 heteroatoms. The summed E-state index contributed by atoms with van der Waals surface area (Å²) in [5.41, 5.74) is 1.66. The van der Waals surface area contributed by atoms with Gasteiger partial charge in [-0.3, -0.25) is 9.69 Å². The smallest absolute Gasteiger partial charge is 0.238 e. The summed E-state index contributed by atoms with van der Waals surface area (Å²) < 4.78 is 17.3. The molecule has 2 aliphatic heterocycles. The first-order valence-corrected chi connectivity index (χ1v) is 11.0. The molecule has 0 atom stereocenters. The number of ether oxygens (including phenoxy) is 3. The average Bonchev–Trinajstić information content (AvgIpc) is 2.99. The molecule has 2 heterocycles. The maximum absolute atomic E-state index is 12.7. The van der Waals surface area contributed by atoms with Crippen molar-refractivity contribution in [1.29, 1.82) is 0 Å². The fraction of sp³-hybridized carbons (Fsp3) is 0.682. The van der Waals surface area contributed by atoms with Gasteiger partial charge in [0.1, 0.15) is 11.5 Å². The zero-order valence-corrected chi connectivity index (χ0v) is 17.9. The summed E-state index contributed by atoms with van der Waals surface area (Å²) in [6.45, 7) is 10.4. The van der Waals surface area contributed by atoms with Crippen LogP contribution in [0.15, 0.2) is 12.1 Å². The van der Waals surface area contributed by atoms with E-state index in [0.29, 0.717) is 44.4 Å². The van der Waals surface area contributed by atoms with Gasteiger partial charge in [-0.05, 0) is 39.8 Å². The molecule has 162 valence electrons. The predicted molar refractivity (Wildman–Crippen MR) is 115 cm³/mol. The van der Waals surface area contributed by atoms with Crippen LogP contribution in [0.5, 0.6) is 11.5 Å². The first-order valence-electron chi connectivity index (χ1n) is 11.0. The third-order valence-electron chi connectivity index (χ3n) is 5.35. The summed E-state index contributed by atoms with van der Waals surface area (Å²) in [7, 11) is 0. The van der Waals surface area contributed by atoms with E-state index in [9.17, 15) is 4.79 Å². The van der Waals surface area contributed by atoms with Crippen LogP contribution in [0.4, 0.5) is 11.4 Å². The zero-order chi connectivity index (χ0) is 20.5. The zero-order valence-electron chi connectivity index (χ0n) is 17.9. The van der Waals surface area contributed by atoms with Gasteiger partial charge in [-0.25, -0.2) is 0 Å². The third-order valence-corrected chi connectivity index (χ3v) is 5.35. The van der Waals surface area contributed by atoms with Gasteiger partial charge in [0.05, 0.1) is 44.3 Å². The lowest BCUT2D eigenvalue weighted by Gasteiger charge is -2.31.